The molecule has 1 amide bonds. The molecule has 0 saturated heterocycles. The second kappa shape index (κ2) is 4.91. The Balaban J connectivity index is 2.43. The molecule has 0 radical (unpaired) electrons. The molecule has 18 heavy (non-hydrogen) atoms. The van der Waals surface area contributed by atoms with Crippen LogP contribution in [0.4, 0.5) is 8.78 Å². The summed E-state index contributed by atoms with van der Waals surface area (Å²) in [5.74, 6) is -0.747. The predicted octanol–water partition coefficient (Wildman–Crippen LogP) is 0.918. The van der Waals surface area contributed by atoms with E-state index in [1.807, 2.05) is 5.32 Å². The highest BCUT2D eigenvalue weighted by Gasteiger charge is 2.14. The fourth-order valence-corrected chi connectivity index (χ4v) is 1.54. The zero-order chi connectivity index (χ0) is 13.1. The molecule has 0 atom stereocenters. The first-order chi connectivity index (χ1) is 8.59. The van der Waals surface area contributed by atoms with Gasteiger partial charge < -0.3 is 5.32 Å². The fraction of sp³-hybridized carbons (Fsp3) is 0.182. The molecule has 7 heteroatoms. The molecule has 0 bridgehead atoms. The lowest BCUT2D eigenvalue weighted by Gasteiger charge is -2.05. The molecule has 0 aliphatic rings. The average Bonchev–Trinajstić information content (AvgIpc) is 2.37. The Morgan fingerprint density at radius 2 is 2.00 bits per heavy atom. The van der Waals surface area contributed by atoms with Gasteiger partial charge in [0.05, 0.1) is 11.9 Å². The van der Waals surface area contributed by atoms with E-state index in [-0.39, 0.29) is 11.1 Å². The maximum atomic E-state index is 12.0. The van der Waals surface area contributed by atoms with Crippen LogP contribution in [0.2, 0.25) is 0 Å². The van der Waals surface area contributed by atoms with Crippen LogP contribution in [0.5, 0.6) is 0 Å². The SMILES string of the molecule is O=C(NCC(F)F)c1n[nH]c(=O)c2ccccc12. The van der Waals surface area contributed by atoms with Gasteiger partial charge in [-0.1, -0.05) is 18.2 Å². The normalized spacial score (nSPS) is 10.8. The monoisotopic (exact) mass is 253 g/mol. The van der Waals surface area contributed by atoms with Crippen LogP contribution in [0.3, 0.4) is 0 Å². The van der Waals surface area contributed by atoms with Crippen molar-refractivity contribution in [2.75, 3.05) is 6.54 Å². The van der Waals surface area contributed by atoms with E-state index in [1.54, 1.807) is 12.1 Å². The summed E-state index contributed by atoms with van der Waals surface area (Å²) in [4.78, 5) is 23.1. The Bertz CT molecular complexity index is 639. The van der Waals surface area contributed by atoms with Gasteiger partial charge in [0, 0.05) is 5.39 Å². The first-order valence-electron chi connectivity index (χ1n) is 5.13. The molecule has 0 saturated carbocycles. The second-order valence-corrected chi connectivity index (χ2v) is 3.55. The summed E-state index contributed by atoms with van der Waals surface area (Å²) < 4.78 is 24.0. The van der Waals surface area contributed by atoms with Crippen molar-refractivity contribution in [1.82, 2.24) is 15.5 Å². The molecule has 0 aliphatic heterocycles. The van der Waals surface area contributed by atoms with Crippen LogP contribution in [0, 0.1) is 0 Å². The number of benzene rings is 1. The molecule has 5 nitrogen and oxygen atoms in total. The molecule has 1 aromatic carbocycles. The number of amides is 1. The Hall–Kier alpha value is -2.31. The number of nitrogens with zero attached hydrogens (tertiary/aromatic N) is 1. The fourth-order valence-electron chi connectivity index (χ4n) is 1.54. The minimum atomic E-state index is -2.64. The van der Waals surface area contributed by atoms with Gasteiger partial charge in [0.1, 0.15) is 0 Å². The number of rotatable bonds is 3. The van der Waals surface area contributed by atoms with Crippen LogP contribution in [0.1, 0.15) is 10.5 Å². The number of hydrogen-bond acceptors (Lipinski definition) is 3. The molecule has 0 fully saturated rings. The van der Waals surface area contributed by atoms with E-state index in [4.69, 9.17) is 0 Å². The van der Waals surface area contributed by atoms with E-state index in [9.17, 15) is 18.4 Å². The number of carbonyl (C=O) groups excluding carboxylic acids is 1. The molecule has 2 aromatic rings. The maximum Gasteiger partial charge on any atom is 0.272 e. The van der Waals surface area contributed by atoms with Gasteiger partial charge >= 0.3 is 0 Å². The number of aromatic amines is 1. The molecule has 0 unspecified atom stereocenters. The summed E-state index contributed by atoms with van der Waals surface area (Å²) in [6.07, 6.45) is -2.64. The van der Waals surface area contributed by atoms with E-state index in [1.165, 1.54) is 12.1 Å². The van der Waals surface area contributed by atoms with E-state index in [2.05, 4.69) is 10.2 Å². The number of carbonyl (C=O) groups is 1. The first-order valence-corrected chi connectivity index (χ1v) is 5.13. The smallest absolute Gasteiger partial charge is 0.272 e. The highest BCUT2D eigenvalue weighted by atomic mass is 19.3. The Morgan fingerprint density at radius 1 is 1.33 bits per heavy atom. The lowest BCUT2D eigenvalue weighted by Crippen LogP contribution is -2.30. The summed E-state index contributed by atoms with van der Waals surface area (Å²) in [6, 6.07) is 6.33. The van der Waals surface area contributed by atoms with Crippen molar-refractivity contribution in [1.29, 1.82) is 0 Å². The van der Waals surface area contributed by atoms with Gasteiger partial charge in [0.15, 0.2) is 5.69 Å². The van der Waals surface area contributed by atoms with Crippen molar-refractivity contribution in [2.45, 2.75) is 6.43 Å². The summed E-state index contributed by atoms with van der Waals surface area (Å²) in [5, 5.41) is 8.40. The second-order valence-electron chi connectivity index (χ2n) is 3.55. The largest absolute Gasteiger partial charge is 0.345 e. The van der Waals surface area contributed by atoms with Crippen molar-refractivity contribution >= 4 is 16.7 Å². The van der Waals surface area contributed by atoms with Crippen LogP contribution in [-0.2, 0) is 0 Å². The lowest BCUT2D eigenvalue weighted by atomic mass is 10.1. The van der Waals surface area contributed by atoms with Crippen molar-refractivity contribution in [3.63, 3.8) is 0 Å². The number of hydrogen-bond donors (Lipinski definition) is 2. The first kappa shape index (κ1) is 12.2. The summed E-state index contributed by atoms with van der Waals surface area (Å²) in [7, 11) is 0. The Labute approximate surface area is 99.8 Å². The summed E-state index contributed by atoms with van der Waals surface area (Å²) >= 11 is 0. The van der Waals surface area contributed by atoms with Crippen molar-refractivity contribution in [3.8, 4) is 0 Å². The molecule has 0 spiro atoms. The Morgan fingerprint density at radius 3 is 2.67 bits per heavy atom. The molecular formula is C11H9F2N3O2. The predicted molar refractivity (Wildman–Crippen MR) is 60.7 cm³/mol. The van der Waals surface area contributed by atoms with Gasteiger partial charge in [0.2, 0.25) is 0 Å². The summed E-state index contributed by atoms with van der Waals surface area (Å²) in [5.41, 5.74) is -0.512. The third kappa shape index (κ3) is 2.34. The van der Waals surface area contributed by atoms with Crippen LogP contribution in [0.15, 0.2) is 29.1 Å². The zero-order valence-electron chi connectivity index (χ0n) is 9.11. The molecule has 94 valence electrons. The van der Waals surface area contributed by atoms with Gasteiger partial charge in [-0.25, -0.2) is 13.9 Å². The minimum absolute atomic E-state index is 0.0779. The number of H-pyrrole nitrogens is 1. The van der Waals surface area contributed by atoms with Crippen LogP contribution in [-0.4, -0.2) is 29.1 Å². The highest BCUT2D eigenvalue weighted by molar-refractivity contribution is 6.04. The highest BCUT2D eigenvalue weighted by Crippen LogP contribution is 2.11. The van der Waals surface area contributed by atoms with Crippen molar-refractivity contribution in [3.05, 3.63) is 40.3 Å². The van der Waals surface area contributed by atoms with Crippen molar-refractivity contribution < 1.29 is 13.6 Å². The van der Waals surface area contributed by atoms with Crippen LogP contribution in [0.25, 0.3) is 10.8 Å². The zero-order valence-corrected chi connectivity index (χ0v) is 9.11. The van der Waals surface area contributed by atoms with Gasteiger partial charge in [-0.15, -0.1) is 0 Å². The average molecular weight is 253 g/mol. The van der Waals surface area contributed by atoms with Gasteiger partial charge in [-0.05, 0) is 6.07 Å². The molecule has 2 N–H and O–H groups in total. The van der Waals surface area contributed by atoms with E-state index < -0.39 is 24.4 Å². The van der Waals surface area contributed by atoms with Crippen molar-refractivity contribution in [2.24, 2.45) is 0 Å². The third-order valence-corrected chi connectivity index (χ3v) is 2.33. The molecule has 1 aromatic heterocycles. The van der Waals surface area contributed by atoms with Gasteiger partial charge in [0.25, 0.3) is 17.9 Å². The number of aromatic nitrogens is 2. The van der Waals surface area contributed by atoms with E-state index >= 15 is 0 Å². The maximum absolute atomic E-state index is 12.0. The number of nitrogens with one attached hydrogen (secondary N) is 2. The topological polar surface area (TPSA) is 74.8 Å². The standard InChI is InChI=1S/C11H9F2N3O2/c12-8(13)5-14-11(18)9-6-3-1-2-4-7(6)10(17)16-15-9/h1-4,8H,5H2,(H,14,18)(H,16,17). The third-order valence-electron chi connectivity index (χ3n) is 2.33. The lowest BCUT2D eigenvalue weighted by molar-refractivity contribution is 0.0887. The van der Waals surface area contributed by atoms with E-state index in [0.29, 0.717) is 5.39 Å². The molecular weight excluding hydrogens is 244 g/mol. The van der Waals surface area contributed by atoms with Gasteiger partial charge in [-0.2, -0.15) is 5.10 Å². The minimum Gasteiger partial charge on any atom is -0.345 e. The molecule has 2 rings (SSSR count). The Kier molecular flexibility index (Phi) is 3.31. The van der Waals surface area contributed by atoms with E-state index in [0.717, 1.165) is 0 Å². The van der Waals surface area contributed by atoms with Gasteiger partial charge in [-0.3, -0.25) is 9.59 Å². The summed E-state index contributed by atoms with van der Waals surface area (Å²) in [6.45, 7) is -0.756. The number of alkyl halides is 2. The molecule has 1 heterocycles. The van der Waals surface area contributed by atoms with Crippen LogP contribution >= 0.6 is 0 Å². The molecule has 0 aliphatic carbocycles. The number of fused-ring (bicyclic) bond motifs is 1. The quantitative estimate of drug-likeness (QED) is 0.854. The number of halogens is 2. The van der Waals surface area contributed by atoms with Crippen LogP contribution < -0.4 is 10.9 Å².